The third kappa shape index (κ3) is 3.08. The van der Waals surface area contributed by atoms with Gasteiger partial charge in [0.2, 0.25) is 0 Å². The van der Waals surface area contributed by atoms with Crippen molar-refractivity contribution in [1.82, 2.24) is 0 Å². The Balaban J connectivity index is 0.000000606. The number of rotatable bonds is 1. The Bertz CT molecular complexity index is 443. The Morgan fingerprint density at radius 3 is 2.25 bits per heavy atom. The van der Waals surface area contributed by atoms with E-state index >= 15 is 0 Å². The molecule has 0 unspecified atom stereocenters. The van der Waals surface area contributed by atoms with Crippen LogP contribution in [0.5, 0.6) is 0 Å². The summed E-state index contributed by atoms with van der Waals surface area (Å²) < 4.78 is 19.7. The van der Waals surface area contributed by atoms with E-state index in [-0.39, 0.29) is 5.82 Å². The van der Waals surface area contributed by atoms with Crippen LogP contribution in [0.3, 0.4) is 0 Å². The van der Waals surface area contributed by atoms with Crippen molar-refractivity contribution in [3.63, 3.8) is 0 Å². The third-order valence-corrected chi connectivity index (χ3v) is 2.21. The number of aryl methyl sites for hydroxylation is 1. The van der Waals surface area contributed by atoms with E-state index in [1.54, 1.807) is 13.0 Å². The first-order valence-corrected chi connectivity index (χ1v) is 5.10. The highest BCUT2D eigenvalue weighted by molar-refractivity contribution is 7.74. The molecule has 2 aromatic carbocycles. The standard InChI is InChI=1S/C13H10F.H2OS/c1-10-9-12(7-8-13(10)14)11-5-3-2-4-6-11;1-2/h3-9H,1H3;1-2H. The van der Waals surface area contributed by atoms with Crippen molar-refractivity contribution < 1.29 is 8.94 Å². The first-order chi connectivity index (χ1) is 7.77. The molecule has 0 amide bonds. The molecule has 1 nitrogen and oxygen atoms in total. The maximum atomic E-state index is 13.0. The molecule has 0 aliphatic rings. The maximum absolute atomic E-state index is 13.0. The van der Waals surface area contributed by atoms with Gasteiger partial charge in [0.1, 0.15) is 5.82 Å². The second-order valence-electron chi connectivity index (χ2n) is 3.25. The lowest BCUT2D eigenvalue weighted by Gasteiger charge is -2.02. The zero-order chi connectivity index (χ0) is 12.0. The van der Waals surface area contributed by atoms with Gasteiger partial charge in [-0.1, -0.05) is 30.3 Å². The van der Waals surface area contributed by atoms with Crippen LogP contribution in [0.4, 0.5) is 4.39 Å². The van der Waals surface area contributed by atoms with E-state index < -0.39 is 0 Å². The highest BCUT2D eigenvalue weighted by Gasteiger charge is 2.00. The molecule has 0 heterocycles. The second-order valence-corrected chi connectivity index (χ2v) is 3.25. The van der Waals surface area contributed by atoms with E-state index in [1.165, 1.54) is 6.07 Å². The maximum Gasteiger partial charge on any atom is 0.126 e. The van der Waals surface area contributed by atoms with Crippen LogP contribution in [0.15, 0.2) is 42.5 Å². The quantitative estimate of drug-likeness (QED) is 0.565. The van der Waals surface area contributed by atoms with E-state index in [2.05, 4.69) is 19.0 Å². The van der Waals surface area contributed by atoms with Crippen LogP contribution < -0.4 is 0 Å². The molecule has 2 aromatic rings. The summed E-state index contributed by atoms with van der Waals surface area (Å²) in [4.78, 5) is 0. The van der Waals surface area contributed by atoms with Gasteiger partial charge in [-0.25, -0.2) is 4.39 Å². The molecule has 0 aliphatic carbocycles. The fourth-order valence-corrected chi connectivity index (χ4v) is 1.40. The van der Waals surface area contributed by atoms with Gasteiger partial charge in [0.05, 0.1) is 0 Å². The molecule has 0 fully saturated rings. The minimum absolute atomic E-state index is 0.156. The van der Waals surface area contributed by atoms with Gasteiger partial charge in [0.25, 0.3) is 0 Å². The monoisotopic (exact) mass is 235 g/mol. The number of thiol groups is 1. The van der Waals surface area contributed by atoms with Gasteiger partial charge in [-0.2, -0.15) is 0 Å². The van der Waals surface area contributed by atoms with E-state index in [9.17, 15) is 4.39 Å². The summed E-state index contributed by atoms with van der Waals surface area (Å²) in [6.07, 6.45) is 0. The minimum atomic E-state index is -0.156. The largest absolute Gasteiger partial charge is 0.333 e. The van der Waals surface area contributed by atoms with Crippen LogP contribution in [-0.4, -0.2) is 4.55 Å². The predicted octanol–water partition coefficient (Wildman–Crippen LogP) is 3.99. The third-order valence-electron chi connectivity index (χ3n) is 2.21. The molecule has 0 saturated heterocycles. The van der Waals surface area contributed by atoms with Gasteiger partial charge in [-0.05, 0) is 54.7 Å². The topological polar surface area (TPSA) is 20.2 Å². The Morgan fingerprint density at radius 2 is 1.69 bits per heavy atom. The Hall–Kier alpha value is -1.32. The molecule has 83 valence electrons. The number of benzene rings is 2. The van der Waals surface area contributed by atoms with Gasteiger partial charge >= 0.3 is 0 Å². The normalized spacial score (nSPS) is 9.25. The highest BCUT2D eigenvalue weighted by atomic mass is 32.1. The molecule has 1 N–H and O–H groups in total. The molecule has 0 spiro atoms. The highest BCUT2D eigenvalue weighted by Crippen LogP contribution is 2.20. The summed E-state index contributed by atoms with van der Waals surface area (Å²) >= 11 is 2.53. The lowest BCUT2D eigenvalue weighted by Crippen LogP contribution is -1.83. The Kier molecular flexibility index (Phi) is 5.02. The molecular formula is C13H12FOS. The Labute approximate surface area is 100 Å². The molecule has 0 aliphatic heterocycles. The lowest BCUT2D eigenvalue weighted by molar-refractivity contribution is 0.619. The number of halogens is 1. The molecule has 16 heavy (non-hydrogen) atoms. The summed E-state index contributed by atoms with van der Waals surface area (Å²) in [7, 11) is 0. The van der Waals surface area contributed by atoms with Crippen LogP contribution in [0.2, 0.25) is 0 Å². The van der Waals surface area contributed by atoms with E-state index in [1.807, 2.05) is 30.3 Å². The zero-order valence-corrected chi connectivity index (χ0v) is 9.71. The van der Waals surface area contributed by atoms with E-state index in [0.717, 1.165) is 11.1 Å². The van der Waals surface area contributed by atoms with E-state index in [4.69, 9.17) is 4.55 Å². The van der Waals surface area contributed by atoms with Crippen molar-refractivity contribution >= 4 is 12.9 Å². The van der Waals surface area contributed by atoms with Crippen molar-refractivity contribution in [2.75, 3.05) is 0 Å². The summed E-state index contributed by atoms with van der Waals surface area (Å²) in [6.45, 7) is 1.77. The average molecular weight is 235 g/mol. The lowest BCUT2D eigenvalue weighted by atomic mass is 10.0. The number of hydrogen-bond acceptors (Lipinski definition) is 2. The van der Waals surface area contributed by atoms with Crippen LogP contribution in [0.25, 0.3) is 11.1 Å². The molecule has 0 aromatic heterocycles. The van der Waals surface area contributed by atoms with Gasteiger partial charge in [0.15, 0.2) is 0 Å². The average Bonchev–Trinajstić information content (AvgIpc) is 2.36. The van der Waals surface area contributed by atoms with Gasteiger partial charge < -0.3 is 4.55 Å². The number of hydrogen-bond donors (Lipinski definition) is 2. The molecule has 3 heteroatoms. The van der Waals surface area contributed by atoms with Crippen molar-refractivity contribution in [2.24, 2.45) is 0 Å². The van der Waals surface area contributed by atoms with Crippen LogP contribution in [0, 0.1) is 18.8 Å². The zero-order valence-electron chi connectivity index (χ0n) is 8.81. The summed E-state index contributed by atoms with van der Waals surface area (Å²) in [6, 6.07) is 15.7. The first-order valence-electron chi connectivity index (χ1n) is 4.70. The molecule has 0 atom stereocenters. The molecule has 0 bridgehead atoms. The minimum Gasteiger partial charge on any atom is -0.333 e. The fraction of sp³-hybridized carbons (Fsp3) is 0.0769. The Morgan fingerprint density at radius 1 is 1.06 bits per heavy atom. The van der Waals surface area contributed by atoms with Crippen molar-refractivity contribution in [2.45, 2.75) is 6.92 Å². The predicted molar refractivity (Wildman–Crippen MR) is 67.0 cm³/mol. The molecule has 2 rings (SSSR count). The molecule has 0 saturated carbocycles. The van der Waals surface area contributed by atoms with Gasteiger partial charge in [-0.3, -0.25) is 0 Å². The van der Waals surface area contributed by atoms with Crippen molar-refractivity contribution in [1.29, 1.82) is 0 Å². The first kappa shape index (κ1) is 12.7. The van der Waals surface area contributed by atoms with Crippen LogP contribution in [0.1, 0.15) is 5.56 Å². The smallest absolute Gasteiger partial charge is 0.126 e. The molecular weight excluding hydrogens is 223 g/mol. The van der Waals surface area contributed by atoms with Gasteiger partial charge in [0, 0.05) is 0 Å². The fourth-order valence-electron chi connectivity index (χ4n) is 1.40. The summed E-state index contributed by atoms with van der Waals surface area (Å²) in [5, 5.41) is 0. The molecule has 1 radical (unpaired) electrons. The van der Waals surface area contributed by atoms with Crippen LogP contribution in [-0.2, 0) is 0 Å². The van der Waals surface area contributed by atoms with E-state index in [0.29, 0.717) is 5.56 Å². The van der Waals surface area contributed by atoms with Gasteiger partial charge in [-0.15, -0.1) is 0 Å². The van der Waals surface area contributed by atoms with Crippen LogP contribution >= 0.6 is 12.9 Å². The summed E-state index contributed by atoms with van der Waals surface area (Å²) in [5.41, 5.74) is 2.81. The van der Waals surface area contributed by atoms with Crippen molar-refractivity contribution in [3.8, 4) is 11.1 Å². The second kappa shape index (κ2) is 6.30. The summed E-state index contributed by atoms with van der Waals surface area (Å²) in [5.74, 6) is -0.156. The SMILES string of the molecule is Cc1cc(-c2cc[c]cc2)ccc1F.OS. The van der Waals surface area contributed by atoms with Crippen molar-refractivity contribution in [3.05, 3.63) is 59.9 Å².